The summed E-state index contributed by atoms with van der Waals surface area (Å²) in [6.07, 6.45) is 2.47. The van der Waals surface area contributed by atoms with Gasteiger partial charge < -0.3 is 15.0 Å². The van der Waals surface area contributed by atoms with E-state index < -0.39 is 0 Å². The molecule has 4 nitrogen and oxygen atoms in total. The highest BCUT2D eigenvalue weighted by atomic mass is 16.5. The van der Waals surface area contributed by atoms with E-state index in [1.54, 1.807) is 13.2 Å². The van der Waals surface area contributed by atoms with Gasteiger partial charge in [-0.05, 0) is 57.5 Å². The average molecular weight is 287 g/mol. The second kappa shape index (κ2) is 7.33. The Morgan fingerprint density at radius 2 is 2.14 bits per heavy atom. The van der Waals surface area contributed by atoms with Crippen LogP contribution >= 0.6 is 0 Å². The fourth-order valence-electron chi connectivity index (χ4n) is 3.01. The second-order valence-corrected chi connectivity index (χ2v) is 5.73. The number of piperidine rings is 1. The monoisotopic (exact) mass is 287 g/mol. The summed E-state index contributed by atoms with van der Waals surface area (Å²) in [4.78, 5) is 2.51. The summed E-state index contributed by atoms with van der Waals surface area (Å²) in [6, 6.07) is 8.11. The van der Waals surface area contributed by atoms with Crippen LogP contribution < -0.4 is 10.1 Å². The van der Waals surface area contributed by atoms with Gasteiger partial charge in [-0.3, -0.25) is 0 Å². The van der Waals surface area contributed by atoms with E-state index in [4.69, 9.17) is 10.00 Å². The van der Waals surface area contributed by atoms with E-state index in [1.165, 1.54) is 25.9 Å². The van der Waals surface area contributed by atoms with Gasteiger partial charge in [0.05, 0.1) is 24.4 Å². The Balaban J connectivity index is 2.00. The summed E-state index contributed by atoms with van der Waals surface area (Å²) in [5.41, 5.74) is 1.60. The normalized spacial score (nSPS) is 18.0. The molecule has 1 aliphatic heterocycles. The number of methoxy groups -OCH3 is 1. The maximum Gasteiger partial charge on any atom is 0.143 e. The number of rotatable bonds is 5. The van der Waals surface area contributed by atoms with E-state index in [1.807, 2.05) is 12.1 Å². The van der Waals surface area contributed by atoms with Crippen molar-refractivity contribution in [3.63, 3.8) is 0 Å². The zero-order valence-electron chi connectivity index (χ0n) is 13.2. The van der Waals surface area contributed by atoms with Gasteiger partial charge in [0.15, 0.2) is 0 Å². The first-order chi connectivity index (χ1) is 10.2. The summed E-state index contributed by atoms with van der Waals surface area (Å²) in [6.45, 7) is 8.00. The Morgan fingerprint density at radius 3 is 2.71 bits per heavy atom. The van der Waals surface area contributed by atoms with Gasteiger partial charge in [0.2, 0.25) is 0 Å². The van der Waals surface area contributed by atoms with Crippen LogP contribution in [0.1, 0.15) is 32.3 Å². The summed E-state index contributed by atoms with van der Waals surface area (Å²) in [7, 11) is 1.64. The molecule has 0 radical (unpaired) electrons. The van der Waals surface area contributed by atoms with E-state index >= 15 is 0 Å². The third-order valence-electron chi connectivity index (χ3n) is 4.50. The van der Waals surface area contributed by atoms with Crippen molar-refractivity contribution in [1.82, 2.24) is 4.90 Å². The molecule has 0 saturated carbocycles. The predicted octanol–water partition coefficient (Wildman–Crippen LogP) is 3.10. The van der Waals surface area contributed by atoms with Gasteiger partial charge in [0, 0.05) is 12.1 Å². The molecule has 1 unspecified atom stereocenters. The van der Waals surface area contributed by atoms with E-state index in [2.05, 4.69) is 30.1 Å². The van der Waals surface area contributed by atoms with Gasteiger partial charge in [-0.2, -0.15) is 5.26 Å². The van der Waals surface area contributed by atoms with Gasteiger partial charge in [0.1, 0.15) is 5.75 Å². The van der Waals surface area contributed by atoms with E-state index in [0.29, 0.717) is 17.5 Å². The Bertz CT molecular complexity index is 501. The number of nitrogens with zero attached hydrogens (tertiary/aromatic N) is 2. The quantitative estimate of drug-likeness (QED) is 0.904. The number of ether oxygens (including phenoxy) is 1. The van der Waals surface area contributed by atoms with Crippen LogP contribution in [-0.2, 0) is 0 Å². The minimum absolute atomic E-state index is 0.408. The summed E-state index contributed by atoms with van der Waals surface area (Å²) in [5.74, 6) is 1.43. The molecule has 1 N–H and O–H groups in total. The van der Waals surface area contributed by atoms with Crippen LogP contribution in [0.3, 0.4) is 0 Å². The molecule has 2 rings (SSSR count). The van der Waals surface area contributed by atoms with Crippen molar-refractivity contribution < 1.29 is 4.74 Å². The molecule has 1 saturated heterocycles. The lowest BCUT2D eigenvalue weighted by Gasteiger charge is -2.35. The highest BCUT2D eigenvalue weighted by Gasteiger charge is 2.23. The van der Waals surface area contributed by atoms with Crippen LogP contribution in [-0.4, -0.2) is 37.7 Å². The number of likely N-dealkylation sites (tertiary alicyclic amines) is 1. The van der Waals surface area contributed by atoms with Crippen LogP contribution in [0.5, 0.6) is 5.75 Å². The lowest BCUT2D eigenvalue weighted by atomic mass is 9.90. The van der Waals surface area contributed by atoms with Crippen molar-refractivity contribution in [2.45, 2.75) is 32.7 Å². The summed E-state index contributed by atoms with van der Waals surface area (Å²) in [5, 5.41) is 12.5. The topological polar surface area (TPSA) is 48.3 Å². The molecule has 1 aromatic carbocycles. The first kappa shape index (κ1) is 15.7. The Kier molecular flexibility index (Phi) is 5.46. The molecule has 1 heterocycles. The Labute approximate surface area is 127 Å². The number of anilines is 1. The van der Waals surface area contributed by atoms with Gasteiger partial charge in [-0.15, -0.1) is 0 Å². The largest absolute Gasteiger partial charge is 0.495 e. The molecule has 1 fully saturated rings. The fourth-order valence-corrected chi connectivity index (χ4v) is 3.01. The summed E-state index contributed by atoms with van der Waals surface area (Å²) >= 11 is 0. The smallest absolute Gasteiger partial charge is 0.143 e. The third-order valence-corrected chi connectivity index (χ3v) is 4.50. The minimum atomic E-state index is 0.408. The van der Waals surface area contributed by atoms with Gasteiger partial charge in [0.25, 0.3) is 0 Å². The van der Waals surface area contributed by atoms with E-state index in [0.717, 1.165) is 18.0 Å². The fraction of sp³-hybridized carbons (Fsp3) is 0.588. The van der Waals surface area contributed by atoms with Crippen LogP contribution in [0.25, 0.3) is 0 Å². The van der Waals surface area contributed by atoms with Gasteiger partial charge in [-0.25, -0.2) is 0 Å². The lowest BCUT2D eigenvalue weighted by molar-refractivity contribution is 0.183. The molecule has 1 atom stereocenters. The molecule has 0 aliphatic carbocycles. The number of benzene rings is 1. The zero-order chi connectivity index (χ0) is 15.2. The second-order valence-electron chi connectivity index (χ2n) is 5.73. The average Bonchev–Trinajstić information content (AvgIpc) is 2.55. The maximum absolute atomic E-state index is 8.95. The van der Waals surface area contributed by atoms with Crippen molar-refractivity contribution in [1.29, 1.82) is 5.26 Å². The van der Waals surface area contributed by atoms with E-state index in [9.17, 15) is 0 Å². The highest BCUT2D eigenvalue weighted by molar-refractivity contribution is 5.59. The molecule has 0 amide bonds. The van der Waals surface area contributed by atoms with Crippen molar-refractivity contribution in [2.24, 2.45) is 5.92 Å². The maximum atomic E-state index is 8.95. The lowest BCUT2D eigenvalue weighted by Crippen LogP contribution is -2.39. The van der Waals surface area contributed by atoms with Crippen LogP contribution in [0, 0.1) is 17.2 Å². The Hall–Kier alpha value is -1.73. The van der Waals surface area contributed by atoms with Crippen molar-refractivity contribution in [2.75, 3.05) is 32.1 Å². The van der Waals surface area contributed by atoms with Gasteiger partial charge in [-0.1, -0.05) is 6.92 Å². The minimum Gasteiger partial charge on any atom is -0.495 e. The van der Waals surface area contributed by atoms with E-state index in [-0.39, 0.29) is 0 Å². The number of nitrogens with one attached hydrogen (secondary N) is 1. The number of nitriles is 1. The number of hydrogen-bond donors (Lipinski definition) is 1. The molecular weight excluding hydrogens is 262 g/mol. The third kappa shape index (κ3) is 3.89. The molecule has 1 aliphatic rings. The highest BCUT2D eigenvalue weighted by Crippen LogP contribution is 2.29. The van der Waals surface area contributed by atoms with Crippen molar-refractivity contribution >= 4 is 5.69 Å². The van der Waals surface area contributed by atoms with Crippen molar-refractivity contribution in [3.05, 3.63) is 23.8 Å². The molecule has 114 valence electrons. The first-order valence-electron chi connectivity index (χ1n) is 7.75. The predicted molar refractivity (Wildman–Crippen MR) is 85.6 cm³/mol. The van der Waals surface area contributed by atoms with Gasteiger partial charge >= 0.3 is 0 Å². The molecule has 0 bridgehead atoms. The first-order valence-corrected chi connectivity index (χ1v) is 7.75. The molecule has 4 heteroatoms. The Morgan fingerprint density at radius 1 is 1.43 bits per heavy atom. The molecule has 1 aromatic rings. The van der Waals surface area contributed by atoms with Crippen molar-refractivity contribution in [3.8, 4) is 11.8 Å². The van der Waals surface area contributed by atoms with Crippen LogP contribution in [0.2, 0.25) is 0 Å². The molecule has 0 aromatic heterocycles. The molecular formula is C17H25N3O. The summed E-state index contributed by atoms with van der Waals surface area (Å²) < 4.78 is 5.39. The zero-order valence-corrected chi connectivity index (χ0v) is 13.2. The molecule has 0 spiro atoms. The van der Waals surface area contributed by atoms with Crippen LogP contribution in [0.4, 0.5) is 5.69 Å². The number of hydrogen-bond acceptors (Lipinski definition) is 4. The standard InChI is InChI=1S/C17H25N3O/c1-4-20-9-7-15(8-10-20)13(2)19-16-6-5-14(12-18)11-17(16)21-3/h5-6,11,13,15,19H,4,7-10H2,1-3H3. The van der Waals surface area contributed by atoms with Crippen LogP contribution in [0.15, 0.2) is 18.2 Å². The SMILES string of the molecule is CCN1CCC(C(C)Nc2ccc(C#N)cc2OC)CC1. The molecule has 21 heavy (non-hydrogen) atoms.